The molecule has 1 atom stereocenters. The highest BCUT2D eigenvalue weighted by Crippen LogP contribution is 2.00. The lowest BCUT2D eigenvalue weighted by Gasteiger charge is -2.14. The first-order valence-corrected chi connectivity index (χ1v) is 5.09. The molecule has 96 valence electrons. The monoisotopic (exact) mass is 252 g/mol. The van der Waals surface area contributed by atoms with Gasteiger partial charge < -0.3 is 15.4 Å². The van der Waals surface area contributed by atoms with Gasteiger partial charge in [-0.15, -0.1) is 12.4 Å². The van der Waals surface area contributed by atoms with Gasteiger partial charge in [0.25, 0.3) is 0 Å². The van der Waals surface area contributed by atoms with Gasteiger partial charge in [0.05, 0.1) is 18.6 Å². The van der Waals surface area contributed by atoms with Crippen LogP contribution in [0.3, 0.4) is 0 Å². The number of ether oxygens (including phenoxy) is 1. The molecule has 0 bridgehead atoms. The van der Waals surface area contributed by atoms with Gasteiger partial charge in [-0.05, 0) is 20.9 Å². The molecule has 0 fully saturated rings. The molecule has 1 amide bonds. The summed E-state index contributed by atoms with van der Waals surface area (Å²) in [6.07, 6.45) is -0.118. The van der Waals surface area contributed by atoms with Gasteiger partial charge in [0.15, 0.2) is 0 Å². The number of likely N-dealkylation sites (N-methyl/N-ethyl adjacent to an activating group) is 1. The van der Waals surface area contributed by atoms with Gasteiger partial charge in [0.1, 0.15) is 0 Å². The number of amides is 1. The van der Waals surface area contributed by atoms with Crippen LogP contribution in [-0.4, -0.2) is 38.1 Å². The molecule has 2 N–H and O–H groups in total. The topological polar surface area (TPSA) is 67.4 Å². The van der Waals surface area contributed by atoms with E-state index in [0.717, 1.165) is 0 Å². The molecule has 0 spiro atoms. The normalized spacial score (nSPS) is 11.6. The smallest absolute Gasteiger partial charge is 0.310 e. The zero-order chi connectivity index (χ0) is 11.8. The molecule has 0 aromatic heterocycles. The molecular formula is C10H21ClN2O3. The van der Waals surface area contributed by atoms with E-state index in [1.165, 1.54) is 0 Å². The highest BCUT2D eigenvalue weighted by atomic mass is 35.5. The minimum atomic E-state index is -0.312. The molecule has 0 saturated carbocycles. The number of nitrogens with one attached hydrogen (secondary N) is 2. The number of hydrogen-bond donors (Lipinski definition) is 2. The third-order valence-corrected chi connectivity index (χ3v) is 1.70. The molecule has 0 aromatic rings. The Morgan fingerprint density at radius 3 is 2.25 bits per heavy atom. The van der Waals surface area contributed by atoms with E-state index in [-0.39, 0.29) is 42.9 Å². The highest BCUT2D eigenvalue weighted by molar-refractivity contribution is 5.85. The van der Waals surface area contributed by atoms with Crippen molar-refractivity contribution in [1.29, 1.82) is 0 Å². The summed E-state index contributed by atoms with van der Waals surface area (Å²) in [6, 6.07) is 0. The lowest BCUT2D eigenvalue weighted by atomic mass is 10.2. The molecule has 0 heterocycles. The minimum Gasteiger partial charge on any atom is -0.463 e. The quantitative estimate of drug-likeness (QED) is 0.669. The van der Waals surface area contributed by atoms with Crippen LogP contribution in [0.5, 0.6) is 0 Å². The Morgan fingerprint density at radius 2 is 1.81 bits per heavy atom. The number of hydrogen-bond acceptors (Lipinski definition) is 4. The standard InChI is InChI=1S/C10H20N2O3.ClH/c1-7(2)15-10(14)8(3)5-12-9(13)6-11-4;/h7-8,11H,5-6H2,1-4H3,(H,12,13);1H. The van der Waals surface area contributed by atoms with Crippen LogP contribution in [0.25, 0.3) is 0 Å². The third-order valence-electron chi connectivity index (χ3n) is 1.70. The Labute approximate surface area is 103 Å². The van der Waals surface area contributed by atoms with Crippen LogP contribution in [0.1, 0.15) is 20.8 Å². The second-order valence-corrected chi connectivity index (χ2v) is 3.72. The van der Waals surface area contributed by atoms with E-state index in [9.17, 15) is 9.59 Å². The maximum Gasteiger partial charge on any atom is 0.310 e. The van der Waals surface area contributed by atoms with Crippen molar-refractivity contribution in [2.45, 2.75) is 26.9 Å². The van der Waals surface area contributed by atoms with E-state index in [1.807, 2.05) is 0 Å². The largest absolute Gasteiger partial charge is 0.463 e. The van der Waals surface area contributed by atoms with Gasteiger partial charge in [-0.1, -0.05) is 6.92 Å². The van der Waals surface area contributed by atoms with Crippen molar-refractivity contribution < 1.29 is 14.3 Å². The summed E-state index contributed by atoms with van der Waals surface area (Å²) in [6.45, 7) is 5.89. The SMILES string of the molecule is CNCC(=O)NCC(C)C(=O)OC(C)C.Cl. The van der Waals surface area contributed by atoms with E-state index in [4.69, 9.17) is 4.74 Å². The second-order valence-electron chi connectivity index (χ2n) is 3.72. The molecule has 0 aliphatic carbocycles. The predicted octanol–water partition coefficient (Wildman–Crippen LogP) is 0.331. The first kappa shape index (κ1) is 17.6. The summed E-state index contributed by atoms with van der Waals surface area (Å²) in [4.78, 5) is 22.4. The molecular weight excluding hydrogens is 232 g/mol. The van der Waals surface area contributed by atoms with Gasteiger partial charge in [0, 0.05) is 6.54 Å². The molecule has 0 saturated heterocycles. The predicted molar refractivity (Wildman–Crippen MR) is 64.6 cm³/mol. The Bertz CT molecular complexity index is 222. The van der Waals surface area contributed by atoms with E-state index in [1.54, 1.807) is 27.8 Å². The fourth-order valence-corrected chi connectivity index (χ4v) is 0.922. The lowest BCUT2D eigenvalue weighted by Crippen LogP contribution is -2.37. The summed E-state index contributed by atoms with van der Waals surface area (Å²) in [7, 11) is 1.69. The zero-order valence-electron chi connectivity index (χ0n) is 10.2. The second kappa shape index (κ2) is 9.42. The van der Waals surface area contributed by atoms with Crippen molar-refractivity contribution in [1.82, 2.24) is 10.6 Å². The Kier molecular flexibility index (Phi) is 10.3. The van der Waals surface area contributed by atoms with Crippen LogP contribution in [-0.2, 0) is 14.3 Å². The van der Waals surface area contributed by atoms with Gasteiger partial charge in [-0.2, -0.15) is 0 Å². The molecule has 0 radical (unpaired) electrons. The maximum absolute atomic E-state index is 11.3. The van der Waals surface area contributed by atoms with Crippen molar-refractivity contribution in [3.05, 3.63) is 0 Å². The number of rotatable bonds is 6. The Morgan fingerprint density at radius 1 is 1.25 bits per heavy atom. The fraction of sp³-hybridized carbons (Fsp3) is 0.800. The Hall–Kier alpha value is -0.810. The molecule has 6 heteroatoms. The summed E-state index contributed by atoms with van der Waals surface area (Å²) in [5.41, 5.74) is 0. The lowest BCUT2D eigenvalue weighted by molar-refractivity contribution is -0.151. The Balaban J connectivity index is 0. The van der Waals surface area contributed by atoms with Crippen LogP contribution in [0.2, 0.25) is 0 Å². The minimum absolute atomic E-state index is 0. The summed E-state index contributed by atoms with van der Waals surface area (Å²) in [5.74, 6) is -0.718. The van der Waals surface area contributed by atoms with Crippen molar-refractivity contribution in [3.63, 3.8) is 0 Å². The van der Waals surface area contributed by atoms with Crippen molar-refractivity contribution >= 4 is 24.3 Å². The summed E-state index contributed by atoms with van der Waals surface area (Å²) in [5, 5.41) is 5.36. The van der Waals surface area contributed by atoms with E-state index in [0.29, 0.717) is 6.54 Å². The maximum atomic E-state index is 11.3. The summed E-state index contributed by atoms with van der Waals surface area (Å²) >= 11 is 0. The molecule has 0 aliphatic rings. The number of carbonyl (C=O) groups excluding carboxylic acids is 2. The van der Waals surface area contributed by atoms with Crippen LogP contribution in [0.15, 0.2) is 0 Å². The van der Waals surface area contributed by atoms with E-state index >= 15 is 0 Å². The van der Waals surface area contributed by atoms with Crippen LogP contribution in [0, 0.1) is 5.92 Å². The molecule has 0 rings (SSSR count). The van der Waals surface area contributed by atoms with Crippen LogP contribution >= 0.6 is 12.4 Å². The number of halogens is 1. The van der Waals surface area contributed by atoms with Crippen molar-refractivity contribution in [3.8, 4) is 0 Å². The fourth-order valence-electron chi connectivity index (χ4n) is 0.922. The van der Waals surface area contributed by atoms with Crippen molar-refractivity contribution in [2.75, 3.05) is 20.1 Å². The van der Waals surface area contributed by atoms with Gasteiger partial charge in [-0.3, -0.25) is 9.59 Å². The van der Waals surface area contributed by atoms with E-state index in [2.05, 4.69) is 10.6 Å². The van der Waals surface area contributed by atoms with Crippen LogP contribution < -0.4 is 10.6 Å². The summed E-state index contributed by atoms with van der Waals surface area (Å²) < 4.78 is 5.00. The third kappa shape index (κ3) is 8.49. The number of esters is 1. The average molecular weight is 253 g/mol. The molecule has 16 heavy (non-hydrogen) atoms. The molecule has 0 aliphatic heterocycles. The number of carbonyl (C=O) groups is 2. The molecule has 0 aromatic carbocycles. The van der Waals surface area contributed by atoms with Gasteiger partial charge in [-0.25, -0.2) is 0 Å². The highest BCUT2D eigenvalue weighted by Gasteiger charge is 2.16. The average Bonchev–Trinajstić information content (AvgIpc) is 2.13. The molecule has 1 unspecified atom stereocenters. The van der Waals surface area contributed by atoms with E-state index < -0.39 is 0 Å². The zero-order valence-corrected chi connectivity index (χ0v) is 11.0. The van der Waals surface area contributed by atoms with Crippen LogP contribution in [0.4, 0.5) is 0 Å². The first-order chi connectivity index (χ1) is 6.97. The first-order valence-electron chi connectivity index (χ1n) is 5.09. The van der Waals surface area contributed by atoms with Crippen molar-refractivity contribution in [2.24, 2.45) is 5.92 Å². The molecule has 5 nitrogen and oxygen atoms in total. The van der Waals surface area contributed by atoms with Gasteiger partial charge in [0.2, 0.25) is 5.91 Å². The van der Waals surface area contributed by atoms with Gasteiger partial charge >= 0.3 is 5.97 Å².